The summed E-state index contributed by atoms with van der Waals surface area (Å²) >= 11 is 0. The Morgan fingerprint density at radius 1 is 1.20 bits per heavy atom. The molecule has 0 bridgehead atoms. The van der Waals surface area contributed by atoms with E-state index < -0.39 is 0 Å². The number of aromatic nitrogens is 2. The molecular formula is C15H18N4O. The number of fused-ring (bicyclic) bond motifs is 1. The van der Waals surface area contributed by atoms with Gasteiger partial charge in [-0.3, -0.25) is 14.8 Å². The summed E-state index contributed by atoms with van der Waals surface area (Å²) in [6.45, 7) is 2.84. The normalized spacial score (nSPS) is 16.2. The molecule has 0 atom stereocenters. The Hall–Kier alpha value is -2.01. The predicted molar refractivity (Wildman–Crippen MR) is 77.5 cm³/mol. The van der Waals surface area contributed by atoms with Gasteiger partial charge in [-0.05, 0) is 50.0 Å². The highest BCUT2D eigenvalue weighted by molar-refractivity contribution is 5.97. The van der Waals surface area contributed by atoms with Crippen LogP contribution in [0.25, 0.3) is 11.0 Å². The van der Waals surface area contributed by atoms with Gasteiger partial charge in [-0.15, -0.1) is 0 Å². The molecule has 0 saturated carbocycles. The highest BCUT2D eigenvalue weighted by Crippen LogP contribution is 2.12. The number of hydrogen-bond donors (Lipinski definition) is 2. The predicted octanol–water partition coefficient (Wildman–Crippen LogP) is 1.36. The molecule has 104 valence electrons. The monoisotopic (exact) mass is 270 g/mol. The lowest BCUT2D eigenvalue weighted by atomic mass is 9.98. The van der Waals surface area contributed by atoms with E-state index in [-0.39, 0.29) is 5.91 Å². The number of nitrogens with zero attached hydrogens (tertiary/aromatic N) is 2. The molecule has 0 radical (unpaired) electrons. The molecule has 20 heavy (non-hydrogen) atoms. The summed E-state index contributed by atoms with van der Waals surface area (Å²) in [5, 5.41) is 6.34. The molecule has 1 aromatic carbocycles. The maximum atomic E-state index is 12.2. The van der Waals surface area contributed by atoms with Crippen molar-refractivity contribution in [3.05, 3.63) is 36.2 Å². The van der Waals surface area contributed by atoms with E-state index in [1.54, 1.807) is 24.5 Å². The summed E-state index contributed by atoms with van der Waals surface area (Å²) in [6, 6.07) is 5.43. The first kappa shape index (κ1) is 13.0. The minimum atomic E-state index is -0.0314. The van der Waals surface area contributed by atoms with Crippen LogP contribution in [0.3, 0.4) is 0 Å². The highest BCUT2D eigenvalue weighted by atomic mass is 16.1. The van der Waals surface area contributed by atoms with Crippen molar-refractivity contribution in [3.63, 3.8) is 0 Å². The van der Waals surface area contributed by atoms with Crippen molar-refractivity contribution < 1.29 is 4.79 Å². The van der Waals surface area contributed by atoms with Crippen molar-refractivity contribution >= 4 is 16.9 Å². The Bertz CT molecular complexity index is 608. The van der Waals surface area contributed by atoms with E-state index in [1.165, 1.54) is 0 Å². The second-order valence-corrected chi connectivity index (χ2v) is 5.16. The van der Waals surface area contributed by atoms with Crippen LogP contribution in [0.5, 0.6) is 0 Å². The third-order valence-electron chi connectivity index (χ3n) is 3.74. The van der Waals surface area contributed by atoms with E-state index in [1.807, 2.05) is 6.07 Å². The topological polar surface area (TPSA) is 66.9 Å². The number of benzene rings is 1. The zero-order valence-electron chi connectivity index (χ0n) is 11.3. The van der Waals surface area contributed by atoms with Crippen molar-refractivity contribution in [2.24, 2.45) is 5.92 Å². The molecule has 0 aliphatic carbocycles. The number of carbonyl (C=O) groups excluding carboxylic acids is 1. The average Bonchev–Trinajstić information content (AvgIpc) is 2.53. The van der Waals surface area contributed by atoms with Crippen molar-refractivity contribution in [3.8, 4) is 0 Å². The highest BCUT2D eigenvalue weighted by Gasteiger charge is 2.14. The van der Waals surface area contributed by atoms with Gasteiger partial charge in [0.1, 0.15) is 0 Å². The molecule has 1 aromatic heterocycles. The van der Waals surface area contributed by atoms with Crippen LogP contribution in [0.1, 0.15) is 23.2 Å². The molecule has 0 unspecified atom stereocenters. The Balaban J connectivity index is 1.65. The van der Waals surface area contributed by atoms with Crippen LogP contribution in [0, 0.1) is 5.92 Å². The second-order valence-electron chi connectivity index (χ2n) is 5.16. The molecule has 1 amide bonds. The molecule has 5 heteroatoms. The molecule has 0 spiro atoms. The Labute approximate surface area is 117 Å². The fourth-order valence-electron chi connectivity index (χ4n) is 2.53. The van der Waals surface area contributed by atoms with Crippen molar-refractivity contribution in [1.82, 2.24) is 20.6 Å². The van der Waals surface area contributed by atoms with E-state index in [4.69, 9.17) is 0 Å². The minimum Gasteiger partial charge on any atom is -0.352 e. The van der Waals surface area contributed by atoms with Crippen LogP contribution in [0.2, 0.25) is 0 Å². The van der Waals surface area contributed by atoms with Gasteiger partial charge in [0.25, 0.3) is 5.91 Å². The molecule has 1 aliphatic rings. The van der Waals surface area contributed by atoms with Gasteiger partial charge < -0.3 is 10.6 Å². The summed E-state index contributed by atoms with van der Waals surface area (Å²) in [5.41, 5.74) is 2.20. The van der Waals surface area contributed by atoms with Crippen LogP contribution in [-0.2, 0) is 0 Å². The maximum absolute atomic E-state index is 12.2. The molecule has 2 heterocycles. The molecular weight excluding hydrogens is 252 g/mol. The number of amides is 1. The summed E-state index contributed by atoms with van der Waals surface area (Å²) in [4.78, 5) is 20.6. The van der Waals surface area contributed by atoms with Gasteiger partial charge in [-0.25, -0.2) is 0 Å². The fourth-order valence-corrected chi connectivity index (χ4v) is 2.53. The summed E-state index contributed by atoms with van der Waals surface area (Å²) in [6.07, 6.45) is 5.55. The maximum Gasteiger partial charge on any atom is 0.251 e. The first-order chi connectivity index (χ1) is 9.83. The van der Waals surface area contributed by atoms with Crippen molar-refractivity contribution in [2.75, 3.05) is 19.6 Å². The number of carbonyl (C=O) groups is 1. The van der Waals surface area contributed by atoms with Crippen LogP contribution >= 0.6 is 0 Å². The third-order valence-corrected chi connectivity index (χ3v) is 3.74. The zero-order chi connectivity index (χ0) is 13.8. The number of rotatable bonds is 3. The third kappa shape index (κ3) is 2.93. The van der Waals surface area contributed by atoms with Crippen LogP contribution in [0.4, 0.5) is 0 Å². The van der Waals surface area contributed by atoms with Gasteiger partial charge >= 0.3 is 0 Å². The SMILES string of the molecule is O=C(NCC1CCNCC1)c1ccc2nccnc2c1. The first-order valence-electron chi connectivity index (χ1n) is 7.02. The first-order valence-corrected chi connectivity index (χ1v) is 7.02. The van der Waals surface area contributed by atoms with Crippen LogP contribution in [-0.4, -0.2) is 35.5 Å². The van der Waals surface area contributed by atoms with Crippen LogP contribution < -0.4 is 10.6 Å². The van der Waals surface area contributed by atoms with E-state index in [0.29, 0.717) is 11.5 Å². The molecule has 2 N–H and O–H groups in total. The molecule has 3 rings (SSSR count). The van der Waals surface area contributed by atoms with E-state index in [0.717, 1.165) is 43.5 Å². The van der Waals surface area contributed by atoms with Gasteiger partial charge in [-0.2, -0.15) is 0 Å². The Morgan fingerprint density at radius 3 is 2.75 bits per heavy atom. The minimum absolute atomic E-state index is 0.0314. The molecule has 1 saturated heterocycles. The number of piperidine rings is 1. The molecule has 1 aliphatic heterocycles. The number of nitrogens with one attached hydrogen (secondary N) is 2. The standard InChI is InChI=1S/C15H18N4O/c20-15(19-10-11-3-5-16-6-4-11)12-1-2-13-14(9-12)18-8-7-17-13/h1-2,7-9,11,16H,3-6,10H2,(H,19,20). The summed E-state index contributed by atoms with van der Waals surface area (Å²) in [7, 11) is 0. The average molecular weight is 270 g/mol. The van der Waals surface area contributed by atoms with Crippen LogP contribution in [0.15, 0.2) is 30.6 Å². The van der Waals surface area contributed by atoms with Gasteiger partial charge in [0.2, 0.25) is 0 Å². The van der Waals surface area contributed by atoms with Crippen molar-refractivity contribution in [1.29, 1.82) is 0 Å². The Kier molecular flexibility index (Phi) is 3.87. The molecule has 2 aromatic rings. The van der Waals surface area contributed by atoms with Crippen molar-refractivity contribution in [2.45, 2.75) is 12.8 Å². The lowest BCUT2D eigenvalue weighted by Gasteiger charge is -2.22. The number of hydrogen-bond acceptors (Lipinski definition) is 4. The second kappa shape index (κ2) is 5.96. The quantitative estimate of drug-likeness (QED) is 0.883. The lowest BCUT2D eigenvalue weighted by Crippen LogP contribution is -2.35. The van der Waals surface area contributed by atoms with E-state index in [9.17, 15) is 4.79 Å². The van der Waals surface area contributed by atoms with Gasteiger partial charge in [0, 0.05) is 24.5 Å². The summed E-state index contributed by atoms with van der Waals surface area (Å²) < 4.78 is 0. The smallest absolute Gasteiger partial charge is 0.251 e. The van der Waals surface area contributed by atoms with E-state index in [2.05, 4.69) is 20.6 Å². The van der Waals surface area contributed by atoms with Gasteiger partial charge in [0.05, 0.1) is 11.0 Å². The molecule has 1 fully saturated rings. The van der Waals surface area contributed by atoms with Gasteiger partial charge in [0.15, 0.2) is 0 Å². The van der Waals surface area contributed by atoms with Gasteiger partial charge in [-0.1, -0.05) is 0 Å². The largest absolute Gasteiger partial charge is 0.352 e. The summed E-state index contributed by atoms with van der Waals surface area (Å²) in [5.74, 6) is 0.552. The fraction of sp³-hybridized carbons (Fsp3) is 0.400. The molecule has 5 nitrogen and oxygen atoms in total. The zero-order valence-corrected chi connectivity index (χ0v) is 11.3. The Morgan fingerprint density at radius 2 is 1.95 bits per heavy atom. The lowest BCUT2D eigenvalue weighted by molar-refractivity contribution is 0.0944. The van der Waals surface area contributed by atoms with E-state index >= 15 is 0 Å².